The molecule has 0 radical (unpaired) electrons. The number of allylic oxidation sites excluding steroid dienone is 4. The normalized spacial score (nSPS) is 11.2. The number of aromatic nitrogens is 3. The standard InChI is InChI=1S/C21H15ClFN3/c1-3-9-14(4-2)19-24-20(15-10-6-5-7-11-15)26-21(25-19)18-16(22)12-8-13-17(18)23/h3-13H,1-2H2/b14-9+. The number of halogens is 2. The predicted molar refractivity (Wildman–Crippen MR) is 104 cm³/mol. The molecule has 0 aliphatic rings. The van der Waals surface area contributed by atoms with E-state index in [1.807, 2.05) is 30.3 Å². The molecule has 0 unspecified atom stereocenters. The zero-order valence-electron chi connectivity index (χ0n) is 13.9. The molecule has 0 amide bonds. The fourth-order valence-electron chi connectivity index (χ4n) is 2.41. The summed E-state index contributed by atoms with van der Waals surface area (Å²) in [6, 6.07) is 13.8. The summed E-state index contributed by atoms with van der Waals surface area (Å²) < 4.78 is 14.4. The van der Waals surface area contributed by atoms with Crippen molar-refractivity contribution in [3.05, 3.63) is 96.6 Å². The maximum Gasteiger partial charge on any atom is 0.168 e. The van der Waals surface area contributed by atoms with Gasteiger partial charge in [-0.3, -0.25) is 0 Å². The van der Waals surface area contributed by atoms with Gasteiger partial charge in [-0.15, -0.1) is 0 Å². The van der Waals surface area contributed by atoms with Crippen molar-refractivity contribution >= 4 is 17.2 Å². The first kappa shape index (κ1) is 17.7. The molecule has 0 aliphatic heterocycles. The molecule has 128 valence electrons. The van der Waals surface area contributed by atoms with Gasteiger partial charge in [0.05, 0.1) is 10.6 Å². The van der Waals surface area contributed by atoms with Crippen molar-refractivity contribution in [2.24, 2.45) is 0 Å². The maximum atomic E-state index is 14.4. The number of hydrogen-bond donors (Lipinski definition) is 0. The Morgan fingerprint density at radius 3 is 2.31 bits per heavy atom. The van der Waals surface area contributed by atoms with Crippen LogP contribution in [0.2, 0.25) is 5.02 Å². The van der Waals surface area contributed by atoms with Crippen LogP contribution in [0.25, 0.3) is 28.3 Å². The summed E-state index contributed by atoms with van der Waals surface area (Å²) in [5.41, 5.74) is 1.57. The highest BCUT2D eigenvalue weighted by atomic mass is 35.5. The van der Waals surface area contributed by atoms with E-state index in [4.69, 9.17) is 11.6 Å². The van der Waals surface area contributed by atoms with Crippen molar-refractivity contribution in [1.29, 1.82) is 0 Å². The SMILES string of the molecule is C=C/C=C(\C=C)c1nc(-c2ccccc2)nc(-c2c(F)cccc2Cl)n1. The minimum absolute atomic E-state index is 0.136. The quantitative estimate of drug-likeness (QED) is 0.541. The third-order valence-corrected chi connectivity index (χ3v) is 3.94. The summed E-state index contributed by atoms with van der Waals surface area (Å²) in [6.45, 7) is 7.47. The van der Waals surface area contributed by atoms with E-state index < -0.39 is 5.82 Å². The summed E-state index contributed by atoms with van der Waals surface area (Å²) in [5, 5.41) is 0.231. The van der Waals surface area contributed by atoms with Crippen LogP contribution >= 0.6 is 11.6 Å². The van der Waals surface area contributed by atoms with Crippen molar-refractivity contribution in [2.75, 3.05) is 0 Å². The van der Waals surface area contributed by atoms with E-state index in [2.05, 4.69) is 28.1 Å². The lowest BCUT2D eigenvalue weighted by Gasteiger charge is -2.10. The predicted octanol–water partition coefficient (Wildman–Crippen LogP) is 5.75. The minimum atomic E-state index is -0.499. The van der Waals surface area contributed by atoms with Gasteiger partial charge >= 0.3 is 0 Å². The Bertz CT molecular complexity index is 977. The Kier molecular flexibility index (Phi) is 5.34. The van der Waals surface area contributed by atoms with Crippen LogP contribution in [-0.4, -0.2) is 15.0 Å². The zero-order valence-corrected chi connectivity index (χ0v) is 14.6. The van der Waals surface area contributed by atoms with E-state index in [9.17, 15) is 4.39 Å². The molecule has 0 atom stereocenters. The van der Waals surface area contributed by atoms with Gasteiger partial charge in [-0.1, -0.05) is 79.4 Å². The van der Waals surface area contributed by atoms with Crippen LogP contribution in [0.1, 0.15) is 5.82 Å². The number of nitrogens with zero attached hydrogens (tertiary/aromatic N) is 3. The van der Waals surface area contributed by atoms with E-state index in [0.717, 1.165) is 5.56 Å². The molecule has 0 bridgehead atoms. The Morgan fingerprint density at radius 2 is 1.65 bits per heavy atom. The Labute approximate surface area is 156 Å². The maximum absolute atomic E-state index is 14.4. The Balaban J connectivity index is 2.29. The van der Waals surface area contributed by atoms with Crippen molar-refractivity contribution in [3.8, 4) is 22.8 Å². The molecule has 3 nitrogen and oxygen atoms in total. The number of benzene rings is 2. The van der Waals surface area contributed by atoms with E-state index in [-0.39, 0.29) is 16.4 Å². The van der Waals surface area contributed by atoms with Gasteiger partial charge < -0.3 is 0 Å². The van der Waals surface area contributed by atoms with Crippen LogP contribution in [0, 0.1) is 5.82 Å². The molecule has 3 rings (SSSR count). The largest absolute Gasteiger partial charge is 0.208 e. The molecule has 0 fully saturated rings. The monoisotopic (exact) mass is 363 g/mol. The molecule has 0 N–H and O–H groups in total. The summed E-state index contributed by atoms with van der Waals surface area (Å²) in [5.74, 6) is 0.445. The van der Waals surface area contributed by atoms with Gasteiger partial charge in [-0.2, -0.15) is 0 Å². The van der Waals surface area contributed by atoms with E-state index in [0.29, 0.717) is 17.2 Å². The lowest BCUT2D eigenvalue weighted by atomic mass is 10.1. The summed E-state index contributed by atoms with van der Waals surface area (Å²) >= 11 is 6.20. The summed E-state index contributed by atoms with van der Waals surface area (Å²) in [4.78, 5) is 13.3. The molecule has 1 aromatic heterocycles. The third-order valence-electron chi connectivity index (χ3n) is 3.63. The molecule has 26 heavy (non-hydrogen) atoms. The van der Waals surface area contributed by atoms with Crippen LogP contribution in [0.5, 0.6) is 0 Å². The second kappa shape index (κ2) is 7.85. The first-order chi connectivity index (χ1) is 12.6. The van der Waals surface area contributed by atoms with Gasteiger partial charge in [-0.25, -0.2) is 19.3 Å². The first-order valence-electron chi connectivity index (χ1n) is 7.85. The highest BCUT2D eigenvalue weighted by Gasteiger charge is 2.17. The molecule has 0 saturated heterocycles. The third kappa shape index (κ3) is 3.60. The topological polar surface area (TPSA) is 38.7 Å². The smallest absolute Gasteiger partial charge is 0.168 e. The molecule has 5 heteroatoms. The molecule has 0 spiro atoms. The van der Waals surface area contributed by atoms with E-state index >= 15 is 0 Å². The highest BCUT2D eigenvalue weighted by Crippen LogP contribution is 2.30. The second-order valence-corrected chi connectivity index (χ2v) is 5.74. The first-order valence-corrected chi connectivity index (χ1v) is 8.23. The van der Waals surface area contributed by atoms with Gasteiger partial charge in [0.2, 0.25) is 0 Å². The summed E-state index contributed by atoms with van der Waals surface area (Å²) in [6.07, 6.45) is 4.95. The average molecular weight is 364 g/mol. The zero-order chi connectivity index (χ0) is 18.5. The number of hydrogen-bond acceptors (Lipinski definition) is 3. The molecule has 3 aromatic rings. The van der Waals surface area contributed by atoms with Crippen LogP contribution in [0.4, 0.5) is 4.39 Å². The minimum Gasteiger partial charge on any atom is -0.208 e. The molecule has 2 aromatic carbocycles. The Hall–Kier alpha value is -3.11. The van der Waals surface area contributed by atoms with Gasteiger partial charge in [0, 0.05) is 11.1 Å². The van der Waals surface area contributed by atoms with Crippen molar-refractivity contribution in [1.82, 2.24) is 15.0 Å². The lowest BCUT2D eigenvalue weighted by molar-refractivity contribution is 0.630. The van der Waals surface area contributed by atoms with E-state index in [1.165, 1.54) is 12.1 Å². The van der Waals surface area contributed by atoms with Gasteiger partial charge in [0.15, 0.2) is 17.5 Å². The van der Waals surface area contributed by atoms with Crippen molar-refractivity contribution < 1.29 is 4.39 Å². The van der Waals surface area contributed by atoms with Gasteiger partial charge in [-0.05, 0) is 12.1 Å². The second-order valence-electron chi connectivity index (χ2n) is 5.33. The average Bonchev–Trinajstić information content (AvgIpc) is 2.66. The van der Waals surface area contributed by atoms with Crippen LogP contribution in [-0.2, 0) is 0 Å². The van der Waals surface area contributed by atoms with Crippen molar-refractivity contribution in [2.45, 2.75) is 0 Å². The number of rotatable bonds is 5. The Morgan fingerprint density at radius 1 is 0.923 bits per heavy atom. The van der Waals surface area contributed by atoms with Crippen LogP contribution in [0.15, 0.2) is 79.9 Å². The van der Waals surface area contributed by atoms with Crippen molar-refractivity contribution in [3.63, 3.8) is 0 Å². The fraction of sp³-hybridized carbons (Fsp3) is 0. The molecule has 0 saturated carbocycles. The highest BCUT2D eigenvalue weighted by molar-refractivity contribution is 6.33. The summed E-state index contributed by atoms with van der Waals surface area (Å²) in [7, 11) is 0. The van der Waals surface area contributed by atoms with Crippen LogP contribution < -0.4 is 0 Å². The fourth-order valence-corrected chi connectivity index (χ4v) is 2.65. The van der Waals surface area contributed by atoms with Gasteiger partial charge in [0.1, 0.15) is 5.82 Å². The van der Waals surface area contributed by atoms with Gasteiger partial charge in [0.25, 0.3) is 0 Å². The molecular weight excluding hydrogens is 349 g/mol. The molecule has 0 aliphatic carbocycles. The molecule has 1 heterocycles. The lowest BCUT2D eigenvalue weighted by Crippen LogP contribution is -2.03. The molecular formula is C21H15ClFN3. The van der Waals surface area contributed by atoms with E-state index in [1.54, 1.807) is 24.3 Å². The van der Waals surface area contributed by atoms with Crippen LogP contribution in [0.3, 0.4) is 0 Å².